The Kier molecular flexibility index (Phi) is 4.69. The zero-order chi connectivity index (χ0) is 13.1. The number of halogens is 1. The summed E-state index contributed by atoms with van der Waals surface area (Å²) in [7, 11) is 0. The minimum absolute atomic E-state index is 0.670. The van der Waals surface area contributed by atoms with Gasteiger partial charge in [0.05, 0.1) is 0 Å². The van der Waals surface area contributed by atoms with Crippen molar-refractivity contribution in [1.29, 1.82) is 0 Å². The Morgan fingerprint density at radius 1 is 1.17 bits per heavy atom. The lowest BCUT2D eigenvalue weighted by molar-refractivity contribution is 0.238. The summed E-state index contributed by atoms with van der Waals surface area (Å²) in [4.78, 5) is 0. The minimum Gasteiger partial charge on any atom is -0.310 e. The Balaban J connectivity index is 1.89. The van der Waals surface area contributed by atoms with Crippen LogP contribution in [0.4, 0.5) is 0 Å². The van der Waals surface area contributed by atoms with Crippen molar-refractivity contribution < 1.29 is 0 Å². The first kappa shape index (κ1) is 13.9. The van der Waals surface area contributed by atoms with Crippen molar-refractivity contribution in [2.75, 3.05) is 0 Å². The van der Waals surface area contributed by atoms with Gasteiger partial charge in [-0.2, -0.15) is 0 Å². The van der Waals surface area contributed by atoms with Gasteiger partial charge in [-0.05, 0) is 55.2 Å². The second-order valence-electron chi connectivity index (χ2n) is 6.08. The van der Waals surface area contributed by atoms with E-state index in [0.29, 0.717) is 6.04 Å². The van der Waals surface area contributed by atoms with Gasteiger partial charge in [0.1, 0.15) is 0 Å². The Morgan fingerprint density at radius 3 is 2.44 bits per heavy atom. The average molecular weight is 266 g/mol. The molecule has 1 N–H and O–H groups in total. The fraction of sp³-hybridized carbons (Fsp3) is 0.625. The van der Waals surface area contributed by atoms with Crippen molar-refractivity contribution in [3.05, 3.63) is 34.3 Å². The largest absolute Gasteiger partial charge is 0.310 e. The van der Waals surface area contributed by atoms with Gasteiger partial charge in [0.25, 0.3) is 0 Å². The first-order chi connectivity index (χ1) is 8.54. The summed E-state index contributed by atoms with van der Waals surface area (Å²) in [6.07, 6.45) is 4.00. The number of hydrogen-bond acceptors (Lipinski definition) is 1. The molecule has 0 bridgehead atoms. The van der Waals surface area contributed by atoms with E-state index in [9.17, 15) is 0 Å². The SMILES string of the molecule is Cc1ccc(CNC2CC(C)CC(C)C2)cc1Cl. The van der Waals surface area contributed by atoms with Gasteiger partial charge in [0, 0.05) is 17.6 Å². The third-order valence-corrected chi connectivity index (χ3v) is 4.42. The van der Waals surface area contributed by atoms with Crippen LogP contribution in [-0.4, -0.2) is 6.04 Å². The quantitative estimate of drug-likeness (QED) is 0.845. The van der Waals surface area contributed by atoms with Gasteiger partial charge in [0.2, 0.25) is 0 Å². The Bertz CT molecular complexity index is 392. The van der Waals surface area contributed by atoms with E-state index >= 15 is 0 Å². The molecule has 1 fully saturated rings. The van der Waals surface area contributed by atoms with Gasteiger partial charge in [0.15, 0.2) is 0 Å². The van der Waals surface area contributed by atoms with E-state index in [0.717, 1.165) is 29.0 Å². The highest BCUT2D eigenvalue weighted by molar-refractivity contribution is 6.31. The van der Waals surface area contributed by atoms with E-state index in [4.69, 9.17) is 11.6 Å². The highest BCUT2D eigenvalue weighted by Crippen LogP contribution is 2.28. The van der Waals surface area contributed by atoms with Crippen LogP contribution in [-0.2, 0) is 6.54 Å². The Morgan fingerprint density at radius 2 is 1.83 bits per heavy atom. The van der Waals surface area contributed by atoms with E-state index in [1.165, 1.54) is 24.8 Å². The summed E-state index contributed by atoms with van der Waals surface area (Å²) in [6.45, 7) is 7.72. The molecule has 1 nitrogen and oxygen atoms in total. The maximum absolute atomic E-state index is 6.15. The van der Waals surface area contributed by atoms with Crippen LogP contribution in [0.25, 0.3) is 0 Å². The molecular weight excluding hydrogens is 242 g/mol. The third kappa shape index (κ3) is 3.73. The minimum atomic E-state index is 0.670. The lowest BCUT2D eigenvalue weighted by Gasteiger charge is -2.32. The molecule has 0 saturated heterocycles. The van der Waals surface area contributed by atoms with Crippen molar-refractivity contribution >= 4 is 11.6 Å². The lowest BCUT2D eigenvalue weighted by Crippen LogP contribution is -2.35. The molecule has 1 aliphatic rings. The normalized spacial score (nSPS) is 28.3. The topological polar surface area (TPSA) is 12.0 Å². The van der Waals surface area contributed by atoms with E-state index in [-0.39, 0.29) is 0 Å². The molecule has 0 amide bonds. The molecule has 0 heterocycles. The maximum atomic E-state index is 6.15. The molecule has 1 aliphatic carbocycles. The van der Waals surface area contributed by atoms with Gasteiger partial charge < -0.3 is 5.32 Å². The number of rotatable bonds is 3. The second-order valence-corrected chi connectivity index (χ2v) is 6.49. The smallest absolute Gasteiger partial charge is 0.0438 e. The highest BCUT2D eigenvalue weighted by Gasteiger charge is 2.23. The highest BCUT2D eigenvalue weighted by atomic mass is 35.5. The molecule has 18 heavy (non-hydrogen) atoms. The van der Waals surface area contributed by atoms with Crippen LogP contribution in [0.5, 0.6) is 0 Å². The van der Waals surface area contributed by atoms with Crippen LogP contribution in [0.1, 0.15) is 44.2 Å². The van der Waals surface area contributed by atoms with Crippen LogP contribution in [0, 0.1) is 18.8 Å². The van der Waals surface area contributed by atoms with Gasteiger partial charge >= 0.3 is 0 Å². The van der Waals surface area contributed by atoms with E-state index < -0.39 is 0 Å². The van der Waals surface area contributed by atoms with Gasteiger partial charge in [-0.3, -0.25) is 0 Å². The molecule has 1 aromatic rings. The van der Waals surface area contributed by atoms with Gasteiger partial charge in [-0.15, -0.1) is 0 Å². The zero-order valence-corrected chi connectivity index (χ0v) is 12.4. The molecule has 0 radical (unpaired) electrons. The molecular formula is C16H24ClN. The van der Waals surface area contributed by atoms with Crippen LogP contribution < -0.4 is 5.32 Å². The Labute approximate surface area is 116 Å². The average Bonchev–Trinajstić information content (AvgIpc) is 2.29. The number of aryl methyl sites for hydroxylation is 1. The molecule has 0 aliphatic heterocycles. The maximum Gasteiger partial charge on any atom is 0.0438 e. The van der Waals surface area contributed by atoms with Gasteiger partial charge in [-0.1, -0.05) is 37.6 Å². The zero-order valence-electron chi connectivity index (χ0n) is 11.7. The van der Waals surface area contributed by atoms with Crippen LogP contribution in [0.15, 0.2) is 18.2 Å². The molecule has 2 atom stereocenters. The van der Waals surface area contributed by atoms with Crippen molar-refractivity contribution in [3.8, 4) is 0 Å². The predicted molar refractivity (Wildman–Crippen MR) is 79.0 cm³/mol. The van der Waals surface area contributed by atoms with Crippen molar-refractivity contribution in [1.82, 2.24) is 5.32 Å². The predicted octanol–water partition coefficient (Wildman–Crippen LogP) is 4.56. The molecule has 100 valence electrons. The number of nitrogens with one attached hydrogen (secondary N) is 1. The molecule has 2 unspecified atom stereocenters. The van der Waals surface area contributed by atoms with Crippen LogP contribution in [0.2, 0.25) is 5.02 Å². The first-order valence-electron chi connectivity index (χ1n) is 7.03. The standard InChI is InChI=1S/C16H24ClN/c1-11-6-12(2)8-15(7-11)18-10-14-5-4-13(3)16(17)9-14/h4-5,9,11-12,15,18H,6-8,10H2,1-3H3. The fourth-order valence-electron chi connectivity index (χ4n) is 3.12. The number of benzene rings is 1. The van der Waals surface area contributed by atoms with Crippen molar-refractivity contribution in [2.45, 2.75) is 52.6 Å². The summed E-state index contributed by atoms with van der Waals surface area (Å²) in [5.41, 5.74) is 2.44. The van der Waals surface area contributed by atoms with Crippen molar-refractivity contribution in [3.63, 3.8) is 0 Å². The Hall–Kier alpha value is -0.530. The molecule has 1 aromatic carbocycles. The van der Waals surface area contributed by atoms with E-state index in [1.807, 2.05) is 6.92 Å². The second kappa shape index (κ2) is 6.08. The first-order valence-corrected chi connectivity index (χ1v) is 7.40. The lowest BCUT2D eigenvalue weighted by atomic mass is 9.80. The van der Waals surface area contributed by atoms with Gasteiger partial charge in [-0.25, -0.2) is 0 Å². The van der Waals surface area contributed by atoms with Crippen LogP contribution in [0.3, 0.4) is 0 Å². The summed E-state index contributed by atoms with van der Waals surface area (Å²) in [5.74, 6) is 1.71. The molecule has 1 saturated carbocycles. The molecule has 0 aromatic heterocycles. The molecule has 0 spiro atoms. The van der Waals surface area contributed by atoms with Crippen molar-refractivity contribution in [2.24, 2.45) is 11.8 Å². The fourth-order valence-corrected chi connectivity index (χ4v) is 3.33. The summed E-state index contributed by atoms with van der Waals surface area (Å²) in [6, 6.07) is 7.03. The third-order valence-electron chi connectivity index (χ3n) is 4.01. The van der Waals surface area contributed by atoms with Crippen LogP contribution >= 0.6 is 11.6 Å². The summed E-state index contributed by atoms with van der Waals surface area (Å²) >= 11 is 6.15. The number of hydrogen-bond donors (Lipinski definition) is 1. The van der Waals surface area contributed by atoms with E-state index in [2.05, 4.69) is 37.4 Å². The molecule has 2 rings (SSSR count). The monoisotopic (exact) mass is 265 g/mol. The molecule has 2 heteroatoms. The summed E-state index contributed by atoms with van der Waals surface area (Å²) < 4.78 is 0. The summed E-state index contributed by atoms with van der Waals surface area (Å²) in [5, 5.41) is 4.56. The van der Waals surface area contributed by atoms with E-state index in [1.54, 1.807) is 0 Å².